The first-order valence-electron chi connectivity index (χ1n) is 8.22. The maximum atomic E-state index is 12.4. The second-order valence-electron chi connectivity index (χ2n) is 5.55. The SMILES string of the molecule is CCOc1ccc(NC(=O)C(C)Sc2nnc(-c3ccco3)n2C)cc1. The lowest BCUT2D eigenvalue weighted by atomic mass is 10.3. The van der Waals surface area contributed by atoms with Crippen LogP contribution in [-0.2, 0) is 11.8 Å². The zero-order chi connectivity index (χ0) is 18.5. The highest BCUT2D eigenvalue weighted by molar-refractivity contribution is 8.00. The first kappa shape index (κ1) is 18.1. The molecule has 7 nitrogen and oxygen atoms in total. The number of amides is 1. The minimum atomic E-state index is -0.339. The van der Waals surface area contributed by atoms with Gasteiger partial charge < -0.3 is 19.0 Å². The number of nitrogens with one attached hydrogen (secondary N) is 1. The van der Waals surface area contributed by atoms with E-state index in [0.29, 0.717) is 23.3 Å². The number of hydrogen-bond donors (Lipinski definition) is 1. The molecule has 2 aromatic heterocycles. The fourth-order valence-corrected chi connectivity index (χ4v) is 3.11. The van der Waals surface area contributed by atoms with Crippen molar-refractivity contribution in [2.75, 3.05) is 11.9 Å². The quantitative estimate of drug-likeness (QED) is 0.638. The Morgan fingerprint density at radius 3 is 2.73 bits per heavy atom. The number of ether oxygens (including phenoxy) is 1. The Morgan fingerprint density at radius 1 is 1.31 bits per heavy atom. The van der Waals surface area contributed by atoms with Gasteiger partial charge in [-0.15, -0.1) is 10.2 Å². The van der Waals surface area contributed by atoms with Gasteiger partial charge in [0.1, 0.15) is 5.75 Å². The van der Waals surface area contributed by atoms with Crippen molar-refractivity contribution >= 4 is 23.4 Å². The van der Waals surface area contributed by atoms with Gasteiger partial charge in [-0.2, -0.15) is 0 Å². The molecule has 1 N–H and O–H groups in total. The molecular formula is C18H20N4O3S. The van der Waals surface area contributed by atoms with E-state index in [0.717, 1.165) is 11.4 Å². The summed E-state index contributed by atoms with van der Waals surface area (Å²) in [6.45, 7) is 4.37. The zero-order valence-electron chi connectivity index (χ0n) is 14.8. The van der Waals surface area contributed by atoms with Crippen LogP contribution in [0.2, 0.25) is 0 Å². The highest BCUT2D eigenvalue weighted by atomic mass is 32.2. The molecule has 1 unspecified atom stereocenters. The number of furan rings is 1. The van der Waals surface area contributed by atoms with Gasteiger partial charge >= 0.3 is 0 Å². The number of anilines is 1. The van der Waals surface area contributed by atoms with Crippen LogP contribution in [0.25, 0.3) is 11.6 Å². The Bertz CT molecular complexity index is 859. The molecule has 0 radical (unpaired) electrons. The molecule has 26 heavy (non-hydrogen) atoms. The average molecular weight is 372 g/mol. The maximum Gasteiger partial charge on any atom is 0.237 e. The molecule has 0 spiro atoms. The monoisotopic (exact) mass is 372 g/mol. The van der Waals surface area contributed by atoms with E-state index in [2.05, 4.69) is 15.5 Å². The largest absolute Gasteiger partial charge is 0.494 e. The van der Waals surface area contributed by atoms with E-state index in [-0.39, 0.29) is 11.2 Å². The second kappa shape index (κ2) is 8.09. The Kier molecular flexibility index (Phi) is 5.62. The van der Waals surface area contributed by atoms with Crippen LogP contribution in [0.5, 0.6) is 5.75 Å². The predicted molar refractivity (Wildman–Crippen MR) is 100 cm³/mol. The van der Waals surface area contributed by atoms with Gasteiger partial charge in [0.25, 0.3) is 0 Å². The number of rotatable bonds is 7. The van der Waals surface area contributed by atoms with E-state index in [1.165, 1.54) is 11.8 Å². The summed E-state index contributed by atoms with van der Waals surface area (Å²) in [5.41, 5.74) is 0.722. The Balaban J connectivity index is 1.62. The van der Waals surface area contributed by atoms with Crippen LogP contribution in [0.1, 0.15) is 13.8 Å². The Hall–Kier alpha value is -2.74. The molecule has 0 aliphatic heterocycles. The van der Waals surface area contributed by atoms with E-state index in [4.69, 9.17) is 9.15 Å². The summed E-state index contributed by atoms with van der Waals surface area (Å²) in [5.74, 6) is 1.93. The van der Waals surface area contributed by atoms with Gasteiger partial charge in [-0.25, -0.2) is 0 Å². The number of benzene rings is 1. The summed E-state index contributed by atoms with van der Waals surface area (Å²) < 4.78 is 12.6. The molecule has 1 atom stereocenters. The third-order valence-corrected chi connectivity index (χ3v) is 4.79. The first-order chi connectivity index (χ1) is 12.6. The lowest BCUT2D eigenvalue weighted by Crippen LogP contribution is -2.22. The van der Waals surface area contributed by atoms with Crippen LogP contribution in [-0.4, -0.2) is 32.5 Å². The number of nitrogens with zero attached hydrogens (tertiary/aromatic N) is 3. The number of carbonyl (C=O) groups is 1. The summed E-state index contributed by atoms with van der Waals surface area (Å²) in [5, 5.41) is 11.5. The van der Waals surface area contributed by atoms with Crippen LogP contribution in [0, 0.1) is 0 Å². The summed E-state index contributed by atoms with van der Waals surface area (Å²) in [6.07, 6.45) is 1.59. The van der Waals surface area contributed by atoms with Crippen molar-refractivity contribution < 1.29 is 13.9 Å². The van der Waals surface area contributed by atoms with Crippen molar-refractivity contribution in [3.05, 3.63) is 42.7 Å². The Labute approximate surface area is 155 Å². The molecule has 0 aliphatic carbocycles. The molecular weight excluding hydrogens is 352 g/mol. The van der Waals surface area contributed by atoms with Crippen molar-refractivity contribution in [1.82, 2.24) is 14.8 Å². The molecule has 0 fully saturated rings. The van der Waals surface area contributed by atoms with E-state index in [9.17, 15) is 4.79 Å². The highest BCUT2D eigenvalue weighted by Crippen LogP contribution is 2.26. The zero-order valence-corrected chi connectivity index (χ0v) is 15.6. The first-order valence-corrected chi connectivity index (χ1v) is 9.10. The van der Waals surface area contributed by atoms with Crippen LogP contribution in [0.15, 0.2) is 52.2 Å². The van der Waals surface area contributed by atoms with Crippen molar-refractivity contribution in [3.8, 4) is 17.3 Å². The molecule has 136 valence electrons. The van der Waals surface area contributed by atoms with Gasteiger partial charge in [0.05, 0.1) is 18.1 Å². The summed E-state index contributed by atoms with van der Waals surface area (Å²) in [7, 11) is 1.84. The average Bonchev–Trinajstić information content (AvgIpc) is 3.27. The van der Waals surface area contributed by atoms with Crippen molar-refractivity contribution in [3.63, 3.8) is 0 Å². The molecule has 8 heteroatoms. The van der Waals surface area contributed by atoms with Crippen LogP contribution in [0.3, 0.4) is 0 Å². The normalized spacial score (nSPS) is 12.0. The predicted octanol–water partition coefficient (Wildman–Crippen LogP) is 3.59. The summed E-state index contributed by atoms with van der Waals surface area (Å²) in [4.78, 5) is 12.4. The molecule has 3 aromatic rings. The second-order valence-corrected chi connectivity index (χ2v) is 6.86. The van der Waals surface area contributed by atoms with Crippen molar-refractivity contribution in [1.29, 1.82) is 0 Å². The Morgan fingerprint density at radius 2 is 2.08 bits per heavy atom. The van der Waals surface area contributed by atoms with Gasteiger partial charge in [0, 0.05) is 12.7 Å². The molecule has 0 saturated heterocycles. The minimum absolute atomic E-state index is 0.110. The molecule has 1 aromatic carbocycles. The molecule has 0 bridgehead atoms. The van der Waals surface area contributed by atoms with Gasteiger partial charge in [-0.05, 0) is 50.2 Å². The fraction of sp³-hybridized carbons (Fsp3) is 0.278. The topological polar surface area (TPSA) is 82.2 Å². The molecule has 2 heterocycles. The van der Waals surface area contributed by atoms with Crippen molar-refractivity contribution in [2.24, 2.45) is 7.05 Å². The van der Waals surface area contributed by atoms with Gasteiger partial charge in [-0.3, -0.25) is 4.79 Å². The molecule has 0 aliphatic rings. The third-order valence-electron chi connectivity index (χ3n) is 3.66. The summed E-state index contributed by atoms with van der Waals surface area (Å²) >= 11 is 1.34. The van der Waals surface area contributed by atoms with Gasteiger partial charge in [0.2, 0.25) is 5.91 Å². The smallest absolute Gasteiger partial charge is 0.237 e. The van der Waals surface area contributed by atoms with E-state index in [1.54, 1.807) is 12.3 Å². The number of thioether (sulfide) groups is 1. The minimum Gasteiger partial charge on any atom is -0.494 e. The number of carbonyl (C=O) groups excluding carboxylic acids is 1. The highest BCUT2D eigenvalue weighted by Gasteiger charge is 2.20. The van der Waals surface area contributed by atoms with Gasteiger partial charge in [0.15, 0.2) is 16.7 Å². The molecule has 1 amide bonds. The molecule has 3 rings (SSSR count). The summed E-state index contributed by atoms with van der Waals surface area (Å²) in [6, 6.07) is 10.9. The fourth-order valence-electron chi connectivity index (χ4n) is 2.29. The number of aromatic nitrogens is 3. The van der Waals surface area contributed by atoms with E-state index in [1.807, 2.05) is 55.8 Å². The standard InChI is InChI=1S/C18H20N4O3S/c1-4-24-14-9-7-13(8-10-14)19-17(23)12(2)26-18-21-20-16(22(18)3)15-6-5-11-25-15/h5-12H,4H2,1-3H3,(H,19,23). The van der Waals surface area contributed by atoms with Crippen LogP contribution in [0.4, 0.5) is 5.69 Å². The van der Waals surface area contributed by atoms with Crippen LogP contribution >= 0.6 is 11.8 Å². The van der Waals surface area contributed by atoms with Gasteiger partial charge in [-0.1, -0.05) is 11.8 Å². The van der Waals surface area contributed by atoms with Crippen LogP contribution < -0.4 is 10.1 Å². The van der Waals surface area contributed by atoms with E-state index >= 15 is 0 Å². The number of hydrogen-bond acceptors (Lipinski definition) is 6. The molecule has 0 saturated carbocycles. The van der Waals surface area contributed by atoms with E-state index < -0.39 is 0 Å². The lowest BCUT2D eigenvalue weighted by Gasteiger charge is -2.12. The maximum absolute atomic E-state index is 12.4. The lowest BCUT2D eigenvalue weighted by molar-refractivity contribution is -0.115. The third kappa shape index (κ3) is 4.08. The van der Waals surface area contributed by atoms with Crippen molar-refractivity contribution in [2.45, 2.75) is 24.3 Å².